The van der Waals surface area contributed by atoms with Crippen LogP contribution < -0.4 is 4.74 Å². The average molecular weight is 243 g/mol. The van der Waals surface area contributed by atoms with Crippen molar-refractivity contribution in [2.75, 3.05) is 7.11 Å². The van der Waals surface area contributed by atoms with E-state index in [9.17, 15) is 4.79 Å². The molecule has 0 fully saturated rings. The highest BCUT2D eigenvalue weighted by molar-refractivity contribution is 6.30. The Morgan fingerprint density at radius 3 is 2.44 bits per heavy atom. The van der Waals surface area contributed by atoms with Gasteiger partial charge in [0.05, 0.1) is 7.11 Å². The molecule has 0 aliphatic heterocycles. The highest BCUT2D eigenvalue weighted by Gasteiger charge is 2.20. The second kappa shape index (κ2) is 4.74. The molecular formula is C12H15ClO3. The van der Waals surface area contributed by atoms with Crippen molar-refractivity contribution in [2.24, 2.45) is 0 Å². The summed E-state index contributed by atoms with van der Waals surface area (Å²) in [6.45, 7) is 5.44. The van der Waals surface area contributed by atoms with Crippen LogP contribution >= 0.6 is 11.6 Å². The third-order valence-corrected chi connectivity index (χ3v) is 2.02. The molecule has 0 aromatic heterocycles. The summed E-state index contributed by atoms with van der Waals surface area (Å²) in [6, 6.07) is 4.80. The van der Waals surface area contributed by atoms with Crippen LogP contribution in [-0.4, -0.2) is 18.7 Å². The molecule has 1 aromatic carbocycles. The monoisotopic (exact) mass is 242 g/mol. The second-order valence-electron chi connectivity index (χ2n) is 4.35. The van der Waals surface area contributed by atoms with Crippen molar-refractivity contribution in [1.29, 1.82) is 0 Å². The van der Waals surface area contributed by atoms with E-state index in [1.54, 1.807) is 18.2 Å². The van der Waals surface area contributed by atoms with Crippen molar-refractivity contribution in [2.45, 2.75) is 26.4 Å². The molecule has 88 valence electrons. The molecule has 0 saturated heterocycles. The lowest BCUT2D eigenvalue weighted by atomic mass is 10.1. The minimum absolute atomic E-state index is 0.377. The number of hydrogen-bond donors (Lipinski definition) is 0. The zero-order valence-corrected chi connectivity index (χ0v) is 10.6. The quantitative estimate of drug-likeness (QED) is 0.747. The molecule has 1 rings (SSSR count). The summed E-state index contributed by atoms with van der Waals surface area (Å²) in [6.07, 6.45) is 0. The molecule has 0 bridgehead atoms. The molecule has 1 aromatic rings. The van der Waals surface area contributed by atoms with Gasteiger partial charge in [-0.15, -0.1) is 0 Å². The van der Waals surface area contributed by atoms with Crippen LogP contribution in [0.5, 0.6) is 5.75 Å². The molecule has 0 atom stereocenters. The van der Waals surface area contributed by atoms with Crippen molar-refractivity contribution in [3.8, 4) is 5.75 Å². The molecule has 0 amide bonds. The van der Waals surface area contributed by atoms with Crippen LogP contribution in [0.25, 0.3) is 0 Å². The fraction of sp³-hybridized carbons (Fsp3) is 0.417. The molecule has 4 heteroatoms. The lowest BCUT2D eigenvalue weighted by Crippen LogP contribution is -2.24. The van der Waals surface area contributed by atoms with Crippen molar-refractivity contribution in [1.82, 2.24) is 0 Å². The van der Waals surface area contributed by atoms with Gasteiger partial charge in [-0.2, -0.15) is 0 Å². The van der Waals surface area contributed by atoms with E-state index in [4.69, 9.17) is 21.1 Å². The van der Waals surface area contributed by atoms with Gasteiger partial charge in [0.25, 0.3) is 0 Å². The Morgan fingerprint density at radius 2 is 1.94 bits per heavy atom. The molecule has 3 nitrogen and oxygen atoms in total. The Bertz CT molecular complexity index is 394. The van der Waals surface area contributed by atoms with E-state index in [2.05, 4.69) is 0 Å². The molecule has 0 N–H and O–H groups in total. The van der Waals surface area contributed by atoms with Crippen molar-refractivity contribution >= 4 is 17.6 Å². The maximum Gasteiger partial charge on any atom is 0.342 e. The summed E-state index contributed by atoms with van der Waals surface area (Å²) in [7, 11) is 1.49. The number of hydrogen-bond acceptors (Lipinski definition) is 3. The number of rotatable bonds is 2. The zero-order valence-electron chi connectivity index (χ0n) is 9.83. The summed E-state index contributed by atoms with van der Waals surface area (Å²) >= 11 is 5.80. The van der Waals surface area contributed by atoms with E-state index in [0.29, 0.717) is 16.3 Å². The lowest BCUT2D eigenvalue weighted by molar-refractivity contribution is 0.00666. The summed E-state index contributed by atoms with van der Waals surface area (Å²) in [5.41, 5.74) is -0.149. The zero-order chi connectivity index (χ0) is 12.3. The van der Waals surface area contributed by atoms with E-state index in [0.717, 1.165) is 0 Å². The number of ether oxygens (including phenoxy) is 2. The van der Waals surface area contributed by atoms with Gasteiger partial charge < -0.3 is 9.47 Å². The standard InChI is InChI=1S/C12H15ClO3/c1-12(2,3)16-11(14)9-6-5-8(13)7-10(9)15-4/h5-7H,1-4H3. The van der Waals surface area contributed by atoms with Crippen LogP contribution in [-0.2, 0) is 4.74 Å². The largest absolute Gasteiger partial charge is 0.496 e. The highest BCUT2D eigenvalue weighted by Crippen LogP contribution is 2.25. The van der Waals surface area contributed by atoms with E-state index in [-0.39, 0.29) is 0 Å². The lowest BCUT2D eigenvalue weighted by Gasteiger charge is -2.20. The highest BCUT2D eigenvalue weighted by atomic mass is 35.5. The van der Waals surface area contributed by atoms with Gasteiger partial charge in [-0.3, -0.25) is 0 Å². The minimum atomic E-state index is -0.526. The van der Waals surface area contributed by atoms with Crippen LogP contribution in [0.4, 0.5) is 0 Å². The Balaban J connectivity index is 2.99. The van der Waals surface area contributed by atoms with Crippen molar-refractivity contribution in [3.05, 3.63) is 28.8 Å². The number of methoxy groups -OCH3 is 1. The molecular weight excluding hydrogens is 228 g/mol. The van der Waals surface area contributed by atoms with Crippen LogP contribution in [0.1, 0.15) is 31.1 Å². The number of benzene rings is 1. The first-order valence-electron chi connectivity index (χ1n) is 4.90. The smallest absolute Gasteiger partial charge is 0.342 e. The Hall–Kier alpha value is -1.22. The van der Waals surface area contributed by atoms with Gasteiger partial charge in [-0.25, -0.2) is 4.79 Å². The van der Waals surface area contributed by atoms with E-state index < -0.39 is 11.6 Å². The third-order valence-electron chi connectivity index (χ3n) is 1.78. The summed E-state index contributed by atoms with van der Waals surface area (Å²) < 4.78 is 10.3. The predicted molar refractivity (Wildman–Crippen MR) is 63.2 cm³/mol. The topological polar surface area (TPSA) is 35.5 Å². The summed E-state index contributed by atoms with van der Waals surface area (Å²) in [5.74, 6) is 0.00256. The van der Waals surface area contributed by atoms with E-state index >= 15 is 0 Å². The van der Waals surface area contributed by atoms with Gasteiger partial charge in [-0.05, 0) is 39.0 Å². The number of halogens is 1. The van der Waals surface area contributed by atoms with E-state index in [1.807, 2.05) is 20.8 Å². The predicted octanol–water partition coefficient (Wildman–Crippen LogP) is 3.30. The molecule has 0 unspecified atom stereocenters. The summed E-state index contributed by atoms with van der Waals surface area (Å²) in [5, 5.41) is 0.518. The minimum Gasteiger partial charge on any atom is -0.496 e. The van der Waals surface area contributed by atoms with Gasteiger partial charge in [-0.1, -0.05) is 11.6 Å². The summed E-state index contributed by atoms with van der Waals surface area (Å²) in [4.78, 5) is 11.8. The molecule has 0 spiro atoms. The molecule has 16 heavy (non-hydrogen) atoms. The van der Waals surface area contributed by atoms with Gasteiger partial charge >= 0.3 is 5.97 Å². The number of carbonyl (C=O) groups is 1. The SMILES string of the molecule is COc1cc(Cl)ccc1C(=O)OC(C)(C)C. The Labute approximate surface area is 100 Å². The maximum atomic E-state index is 11.8. The number of carbonyl (C=O) groups excluding carboxylic acids is 1. The van der Waals surface area contributed by atoms with Gasteiger partial charge in [0.15, 0.2) is 0 Å². The molecule has 0 aliphatic carbocycles. The van der Waals surface area contributed by atoms with E-state index in [1.165, 1.54) is 7.11 Å². The Kier molecular flexibility index (Phi) is 3.81. The van der Waals surface area contributed by atoms with Crippen LogP contribution in [0.3, 0.4) is 0 Å². The van der Waals surface area contributed by atoms with Crippen molar-refractivity contribution < 1.29 is 14.3 Å². The van der Waals surface area contributed by atoms with Gasteiger partial charge in [0.1, 0.15) is 16.9 Å². The van der Waals surface area contributed by atoms with Gasteiger partial charge in [0, 0.05) is 5.02 Å². The molecule has 0 saturated carbocycles. The fourth-order valence-corrected chi connectivity index (χ4v) is 1.33. The first-order chi connectivity index (χ1) is 7.33. The third kappa shape index (κ3) is 3.42. The normalized spacial score (nSPS) is 11.1. The maximum absolute atomic E-state index is 11.8. The van der Waals surface area contributed by atoms with Crippen LogP contribution in [0.15, 0.2) is 18.2 Å². The van der Waals surface area contributed by atoms with Crippen LogP contribution in [0, 0.1) is 0 Å². The first-order valence-corrected chi connectivity index (χ1v) is 5.28. The van der Waals surface area contributed by atoms with Crippen LogP contribution in [0.2, 0.25) is 5.02 Å². The van der Waals surface area contributed by atoms with Crippen molar-refractivity contribution in [3.63, 3.8) is 0 Å². The molecule has 0 heterocycles. The van der Waals surface area contributed by atoms with Gasteiger partial charge in [0.2, 0.25) is 0 Å². The second-order valence-corrected chi connectivity index (χ2v) is 4.78. The molecule has 0 radical (unpaired) electrons. The first kappa shape index (κ1) is 12.8. The Morgan fingerprint density at radius 1 is 1.31 bits per heavy atom. The molecule has 0 aliphatic rings. The average Bonchev–Trinajstić information content (AvgIpc) is 2.14. The number of esters is 1. The fourth-order valence-electron chi connectivity index (χ4n) is 1.17.